The maximum Gasteiger partial charge on any atom is 0.225 e. The number of nitrogens with zero attached hydrogens (tertiary/aromatic N) is 3. The topological polar surface area (TPSA) is 41.1 Å². The monoisotopic (exact) mass is 260 g/mol. The molecule has 1 aromatic rings. The molecule has 0 fully saturated rings. The normalized spacial score (nSPS) is 15.8. The van der Waals surface area contributed by atoms with Crippen LogP contribution in [0.5, 0.6) is 0 Å². The van der Waals surface area contributed by atoms with Crippen molar-refractivity contribution in [3.05, 3.63) is 29.1 Å². The molecule has 0 aliphatic carbocycles. The number of anilines is 1. The lowest BCUT2D eigenvalue weighted by Gasteiger charge is -2.26. The Morgan fingerprint density at radius 3 is 2.79 bits per heavy atom. The number of hydrogen-bond acceptors (Lipinski definition) is 4. The molecule has 0 amide bonds. The quantitative estimate of drug-likeness (QED) is 0.844. The van der Waals surface area contributed by atoms with Gasteiger partial charge < -0.3 is 10.2 Å². The SMILES string of the molecule is CC1=CCCN(c2ncc(CNC(C)C)c(C)n2)C1. The summed E-state index contributed by atoms with van der Waals surface area (Å²) in [4.78, 5) is 11.4. The van der Waals surface area contributed by atoms with Crippen molar-refractivity contribution in [2.75, 3.05) is 18.0 Å². The Bertz CT molecular complexity index is 465. The van der Waals surface area contributed by atoms with E-state index in [1.165, 1.54) is 11.1 Å². The summed E-state index contributed by atoms with van der Waals surface area (Å²) in [6, 6.07) is 0.481. The maximum absolute atomic E-state index is 4.66. The molecule has 2 rings (SSSR count). The average Bonchev–Trinajstić information content (AvgIpc) is 2.37. The first-order chi connectivity index (χ1) is 9.06. The molecule has 1 aromatic heterocycles. The summed E-state index contributed by atoms with van der Waals surface area (Å²) in [6.07, 6.45) is 5.34. The Morgan fingerprint density at radius 1 is 1.37 bits per heavy atom. The van der Waals surface area contributed by atoms with Gasteiger partial charge in [-0.2, -0.15) is 0 Å². The third-order valence-corrected chi connectivity index (χ3v) is 3.38. The molecular weight excluding hydrogens is 236 g/mol. The molecule has 4 heteroatoms. The molecule has 0 atom stereocenters. The zero-order valence-corrected chi connectivity index (χ0v) is 12.4. The highest BCUT2D eigenvalue weighted by molar-refractivity contribution is 5.36. The van der Waals surface area contributed by atoms with Gasteiger partial charge in [0.2, 0.25) is 5.95 Å². The van der Waals surface area contributed by atoms with Gasteiger partial charge in [-0.15, -0.1) is 0 Å². The second kappa shape index (κ2) is 6.15. The highest BCUT2D eigenvalue weighted by Gasteiger charge is 2.14. The molecule has 0 saturated heterocycles. The van der Waals surface area contributed by atoms with E-state index in [9.17, 15) is 0 Å². The predicted molar refractivity (Wildman–Crippen MR) is 79.3 cm³/mol. The molecule has 0 saturated carbocycles. The van der Waals surface area contributed by atoms with Crippen molar-refractivity contribution in [3.8, 4) is 0 Å². The number of nitrogens with one attached hydrogen (secondary N) is 1. The molecule has 1 N–H and O–H groups in total. The van der Waals surface area contributed by atoms with Gasteiger partial charge in [0.1, 0.15) is 0 Å². The van der Waals surface area contributed by atoms with Gasteiger partial charge in [0, 0.05) is 43.1 Å². The molecule has 2 heterocycles. The Balaban J connectivity index is 2.08. The van der Waals surface area contributed by atoms with Gasteiger partial charge in [-0.1, -0.05) is 25.5 Å². The molecule has 0 spiro atoms. The van der Waals surface area contributed by atoms with Gasteiger partial charge in [0.05, 0.1) is 0 Å². The summed E-state index contributed by atoms with van der Waals surface area (Å²) in [5.74, 6) is 0.859. The zero-order chi connectivity index (χ0) is 13.8. The van der Waals surface area contributed by atoms with E-state index < -0.39 is 0 Å². The lowest BCUT2D eigenvalue weighted by Crippen LogP contribution is -2.31. The summed E-state index contributed by atoms with van der Waals surface area (Å²) in [5.41, 5.74) is 3.66. The molecule has 0 aromatic carbocycles. The van der Waals surface area contributed by atoms with Crippen molar-refractivity contribution < 1.29 is 0 Å². The van der Waals surface area contributed by atoms with Crippen molar-refractivity contribution in [1.29, 1.82) is 0 Å². The molecule has 19 heavy (non-hydrogen) atoms. The van der Waals surface area contributed by atoms with Gasteiger partial charge >= 0.3 is 0 Å². The smallest absolute Gasteiger partial charge is 0.225 e. The highest BCUT2D eigenvalue weighted by Crippen LogP contribution is 2.16. The van der Waals surface area contributed by atoms with E-state index in [0.29, 0.717) is 6.04 Å². The zero-order valence-electron chi connectivity index (χ0n) is 12.4. The second-order valence-corrected chi connectivity index (χ2v) is 5.58. The standard InChI is InChI=1S/C15H24N4/c1-11(2)16-8-14-9-17-15(18-13(14)4)19-7-5-6-12(3)10-19/h6,9,11,16H,5,7-8,10H2,1-4H3. The summed E-state index contributed by atoms with van der Waals surface area (Å²) in [7, 11) is 0. The van der Waals surface area contributed by atoms with Crippen molar-refractivity contribution >= 4 is 5.95 Å². The molecule has 104 valence electrons. The largest absolute Gasteiger partial charge is 0.337 e. The van der Waals surface area contributed by atoms with Crippen LogP contribution in [0.1, 0.15) is 38.4 Å². The van der Waals surface area contributed by atoms with Gasteiger partial charge in [-0.3, -0.25) is 0 Å². The van der Waals surface area contributed by atoms with Crippen LogP contribution in [0.2, 0.25) is 0 Å². The lowest BCUT2D eigenvalue weighted by molar-refractivity contribution is 0.584. The van der Waals surface area contributed by atoms with Crippen LogP contribution < -0.4 is 10.2 Å². The van der Waals surface area contributed by atoms with Crippen LogP contribution in [0.15, 0.2) is 17.8 Å². The van der Waals surface area contributed by atoms with Crippen molar-refractivity contribution in [3.63, 3.8) is 0 Å². The number of rotatable bonds is 4. The van der Waals surface area contributed by atoms with Gasteiger partial charge in [-0.05, 0) is 20.3 Å². The summed E-state index contributed by atoms with van der Waals surface area (Å²) in [6.45, 7) is 11.3. The Kier molecular flexibility index (Phi) is 4.53. The fourth-order valence-corrected chi connectivity index (χ4v) is 2.20. The predicted octanol–water partition coefficient (Wildman–Crippen LogP) is 2.44. The summed E-state index contributed by atoms with van der Waals surface area (Å²) >= 11 is 0. The Hall–Kier alpha value is -1.42. The maximum atomic E-state index is 4.66. The Morgan fingerprint density at radius 2 is 2.16 bits per heavy atom. The highest BCUT2D eigenvalue weighted by atomic mass is 15.2. The minimum absolute atomic E-state index is 0.481. The molecular formula is C15H24N4. The lowest BCUT2D eigenvalue weighted by atomic mass is 10.1. The first kappa shape index (κ1) is 14.0. The van der Waals surface area contributed by atoms with E-state index >= 15 is 0 Å². The van der Waals surface area contributed by atoms with Gasteiger partial charge in [0.15, 0.2) is 0 Å². The second-order valence-electron chi connectivity index (χ2n) is 5.58. The Labute approximate surface area is 115 Å². The van der Waals surface area contributed by atoms with Gasteiger partial charge in [-0.25, -0.2) is 9.97 Å². The van der Waals surface area contributed by atoms with Crippen molar-refractivity contribution in [1.82, 2.24) is 15.3 Å². The summed E-state index contributed by atoms with van der Waals surface area (Å²) < 4.78 is 0. The van der Waals surface area contributed by atoms with Crippen LogP contribution in [0.4, 0.5) is 5.95 Å². The first-order valence-electron chi connectivity index (χ1n) is 7.02. The third kappa shape index (κ3) is 3.77. The van der Waals surface area contributed by atoms with Crippen LogP contribution in [0.25, 0.3) is 0 Å². The molecule has 4 nitrogen and oxygen atoms in total. The minimum atomic E-state index is 0.481. The summed E-state index contributed by atoms with van der Waals surface area (Å²) in [5, 5.41) is 3.41. The molecule has 0 unspecified atom stereocenters. The van der Waals surface area contributed by atoms with Crippen LogP contribution >= 0.6 is 0 Å². The third-order valence-electron chi connectivity index (χ3n) is 3.38. The number of hydrogen-bond donors (Lipinski definition) is 1. The van der Waals surface area contributed by atoms with Gasteiger partial charge in [0.25, 0.3) is 0 Å². The van der Waals surface area contributed by atoms with Crippen molar-refractivity contribution in [2.45, 2.75) is 46.7 Å². The molecule has 0 radical (unpaired) electrons. The average molecular weight is 260 g/mol. The molecule has 1 aliphatic heterocycles. The van der Waals surface area contributed by atoms with E-state index in [2.05, 4.69) is 54.0 Å². The van der Waals surface area contributed by atoms with Crippen molar-refractivity contribution in [2.24, 2.45) is 0 Å². The van der Waals surface area contributed by atoms with Crippen LogP contribution in [0, 0.1) is 6.92 Å². The minimum Gasteiger partial charge on any atom is -0.337 e. The fraction of sp³-hybridized carbons (Fsp3) is 0.600. The van der Waals surface area contributed by atoms with Crippen LogP contribution in [0.3, 0.4) is 0 Å². The van der Waals surface area contributed by atoms with Crippen LogP contribution in [-0.2, 0) is 6.54 Å². The number of aryl methyl sites for hydroxylation is 1. The van der Waals surface area contributed by atoms with E-state index in [0.717, 1.165) is 37.7 Å². The first-order valence-corrected chi connectivity index (χ1v) is 7.02. The number of aromatic nitrogens is 2. The molecule has 1 aliphatic rings. The van der Waals surface area contributed by atoms with E-state index in [4.69, 9.17) is 0 Å². The van der Waals surface area contributed by atoms with Crippen LogP contribution in [-0.4, -0.2) is 29.1 Å². The van der Waals surface area contributed by atoms with E-state index in [1.807, 2.05) is 6.20 Å². The van der Waals surface area contributed by atoms with E-state index in [-0.39, 0.29) is 0 Å². The molecule has 0 bridgehead atoms. The van der Waals surface area contributed by atoms with E-state index in [1.54, 1.807) is 0 Å². The fourth-order valence-electron chi connectivity index (χ4n) is 2.20.